The van der Waals surface area contributed by atoms with Crippen molar-refractivity contribution in [3.63, 3.8) is 0 Å². The van der Waals surface area contributed by atoms with Gasteiger partial charge in [0.05, 0.1) is 24.2 Å². The van der Waals surface area contributed by atoms with Gasteiger partial charge in [-0.2, -0.15) is 9.78 Å². The lowest BCUT2D eigenvalue weighted by molar-refractivity contribution is 0.306. The first-order valence-corrected chi connectivity index (χ1v) is 8.82. The normalized spacial score (nSPS) is 11.1. The zero-order valence-electron chi connectivity index (χ0n) is 15.8. The minimum Gasteiger partial charge on any atom is -0.494 e. The van der Waals surface area contributed by atoms with Gasteiger partial charge in [-0.25, -0.2) is 4.63 Å². The van der Waals surface area contributed by atoms with E-state index in [1.165, 1.54) is 4.68 Å². The number of hydrogen-bond acceptors (Lipinski definition) is 9. The minimum atomic E-state index is 0.123. The predicted octanol–water partition coefficient (Wildman–Crippen LogP) is 2.31. The number of nitrogens with two attached hydrogens (primary N) is 1. The molecule has 3 N–H and O–H groups in total. The summed E-state index contributed by atoms with van der Waals surface area (Å²) >= 11 is 0. The second-order valence-corrected chi connectivity index (χ2v) is 6.03. The van der Waals surface area contributed by atoms with Crippen LogP contribution in [0.3, 0.4) is 0 Å². The Labute approximate surface area is 162 Å². The van der Waals surface area contributed by atoms with Crippen LogP contribution in [0.4, 0.5) is 5.82 Å². The fourth-order valence-corrected chi connectivity index (χ4v) is 2.37. The maximum atomic E-state index is 5.69. The molecule has 0 fully saturated rings. The molecule has 10 heteroatoms. The zero-order chi connectivity index (χ0) is 19.9. The Hall–Kier alpha value is -3.69. The van der Waals surface area contributed by atoms with E-state index in [0.717, 1.165) is 30.8 Å². The largest absolute Gasteiger partial charge is 0.494 e. The highest BCUT2D eigenvalue weighted by atomic mass is 16.6. The molecule has 0 bridgehead atoms. The molecule has 3 aromatic rings. The SMILES string of the molecule is C=C(N/N=C\c1ccc(OCCCC)cc1)c1nnn(-c2nonc2N)c1C. The molecule has 0 saturated carbocycles. The Morgan fingerprint density at radius 3 is 2.82 bits per heavy atom. The highest BCUT2D eigenvalue weighted by Crippen LogP contribution is 2.18. The van der Waals surface area contributed by atoms with Crippen molar-refractivity contribution in [1.82, 2.24) is 30.7 Å². The molecule has 0 atom stereocenters. The molecule has 146 valence electrons. The lowest BCUT2D eigenvalue weighted by atomic mass is 10.2. The molecule has 0 radical (unpaired) electrons. The van der Waals surface area contributed by atoms with E-state index >= 15 is 0 Å². The third kappa shape index (κ3) is 4.34. The molecule has 0 saturated heterocycles. The summed E-state index contributed by atoms with van der Waals surface area (Å²) in [6, 6.07) is 7.68. The van der Waals surface area contributed by atoms with Crippen LogP contribution in [-0.2, 0) is 0 Å². The van der Waals surface area contributed by atoms with Gasteiger partial charge in [0.25, 0.3) is 0 Å². The van der Waals surface area contributed by atoms with Gasteiger partial charge in [-0.15, -0.1) is 5.10 Å². The summed E-state index contributed by atoms with van der Waals surface area (Å²) in [6.07, 6.45) is 3.83. The summed E-state index contributed by atoms with van der Waals surface area (Å²) in [5.41, 5.74) is 11.1. The summed E-state index contributed by atoms with van der Waals surface area (Å²) in [5.74, 6) is 1.24. The minimum absolute atomic E-state index is 0.123. The number of nitrogens with one attached hydrogen (secondary N) is 1. The summed E-state index contributed by atoms with van der Waals surface area (Å²) in [4.78, 5) is 0. The second-order valence-electron chi connectivity index (χ2n) is 6.03. The molecule has 0 aliphatic rings. The standard InChI is InChI=1S/C18H22N8O2/c1-4-5-10-27-15-8-6-14(7-9-15)11-20-21-12(2)16-13(3)26(25-22-16)18-17(19)23-28-24-18/h6-9,11,21H,2,4-5,10H2,1,3H3,(H2,19,23)/b20-11-. The molecule has 10 nitrogen and oxygen atoms in total. The maximum absolute atomic E-state index is 5.69. The summed E-state index contributed by atoms with van der Waals surface area (Å²) < 4.78 is 11.7. The van der Waals surface area contributed by atoms with Crippen molar-refractivity contribution in [2.75, 3.05) is 12.3 Å². The van der Waals surface area contributed by atoms with Gasteiger partial charge in [0.1, 0.15) is 11.4 Å². The number of hydrazone groups is 1. The molecule has 0 unspecified atom stereocenters. The molecule has 0 amide bonds. The first-order valence-electron chi connectivity index (χ1n) is 8.82. The van der Waals surface area contributed by atoms with E-state index in [1.807, 2.05) is 24.3 Å². The van der Waals surface area contributed by atoms with Gasteiger partial charge >= 0.3 is 0 Å². The maximum Gasteiger partial charge on any atom is 0.243 e. The van der Waals surface area contributed by atoms with Gasteiger partial charge in [0.2, 0.25) is 11.6 Å². The Kier molecular flexibility index (Phi) is 6.00. The highest BCUT2D eigenvalue weighted by molar-refractivity contribution is 5.80. The smallest absolute Gasteiger partial charge is 0.243 e. The number of ether oxygens (including phenoxy) is 1. The van der Waals surface area contributed by atoms with E-state index in [1.54, 1.807) is 13.1 Å². The lowest BCUT2D eigenvalue weighted by Gasteiger charge is -2.05. The third-order valence-corrected chi connectivity index (χ3v) is 3.94. The molecule has 28 heavy (non-hydrogen) atoms. The molecular weight excluding hydrogens is 360 g/mol. The van der Waals surface area contributed by atoms with E-state index in [0.29, 0.717) is 17.1 Å². The fraction of sp³-hybridized carbons (Fsp3) is 0.278. The molecule has 0 aliphatic heterocycles. The molecule has 2 aromatic heterocycles. The predicted molar refractivity (Wildman–Crippen MR) is 105 cm³/mol. The molecule has 0 aliphatic carbocycles. The second kappa shape index (κ2) is 8.80. The van der Waals surface area contributed by atoms with Crippen molar-refractivity contribution >= 4 is 17.7 Å². The van der Waals surface area contributed by atoms with Crippen molar-refractivity contribution in [2.24, 2.45) is 5.10 Å². The number of hydrogen-bond donors (Lipinski definition) is 2. The van der Waals surface area contributed by atoms with E-state index in [9.17, 15) is 0 Å². The van der Waals surface area contributed by atoms with Crippen molar-refractivity contribution in [3.05, 3.63) is 47.8 Å². The van der Waals surface area contributed by atoms with Crippen molar-refractivity contribution in [3.8, 4) is 11.6 Å². The van der Waals surface area contributed by atoms with E-state index in [4.69, 9.17) is 10.5 Å². The van der Waals surface area contributed by atoms with Gasteiger partial charge in [0.15, 0.2) is 0 Å². The van der Waals surface area contributed by atoms with Crippen molar-refractivity contribution < 1.29 is 9.37 Å². The Bertz CT molecular complexity index is 958. The number of aromatic nitrogens is 5. The number of rotatable bonds is 9. The van der Waals surface area contributed by atoms with E-state index < -0.39 is 0 Å². The molecule has 0 spiro atoms. The summed E-state index contributed by atoms with van der Waals surface area (Å²) in [7, 11) is 0. The number of anilines is 1. The quantitative estimate of drug-likeness (QED) is 0.328. The van der Waals surface area contributed by atoms with Crippen LogP contribution in [0.2, 0.25) is 0 Å². The van der Waals surface area contributed by atoms with Crippen LogP contribution in [0.5, 0.6) is 5.75 Å². The van der Waals surface area contributed by atoms with Crippen LogP contribution in [0.1, 0.15) is 36.7 Å². The third-order valence-electron chi connectivity index (χ3n) is 3.94. The average molecular weight is 382 g/mol. The van der Waals surface area contributed by atoms with Crippen LogP contribution in [0.15, 0.2) is 40.6 Å². The van der Waals surface area contributed by atoms with Crippen LogP contribution >= 0.6 is 0 Å². The molecule has 1 aromatic carbocycles. The van der Waals surface area contributed by atoms with Crippen LogP contribution in [0, 0.1) is 6.92 Å². The molecule has 2 heterocycles. The lowest BCUT2D eigenvalue weighted by Crippen LogP contribution is -2.07. The number of nitrogen functional groups attached to an aromatic ring is 1. The molecular formula is C18H22N8O2. The summed E-state index contributed by atoms with van der Waals surface area (Å²) in [5, 5.41) is 19.5. The summed E-state index contributed by atoms with van der Waals surface area (Å²) in [6.45, 7) is 8.60. The van der Waals surface area contributed by atoms with Crippen LogP contribution < -0.4 is 15.9 Å². The van der Waals surface area contributed by atoms with Crippen LogP contribution in [0.25, 0.3) is 11.5 Å². The number of unbranched alkanes of at least 4 members (excludes halogenated alkanes) is 1. The van der Waals surface area contributed by atoms with Crippen molar-refractivity contribution in [2.45, 2.75) is 26.7 Å². The number of nitrogens with zero attached hydrogens (tertiary/aromatic N) is 6. The van der Waals surface area contributed by atoms with Gasteiger partial charge in [-0.05, 0) is 53.5 Å². The first kappa shape index (κ1) is 19.1. The zero-order valence-corrected chi connectivity index (χ0v) is 15.8. The fourth-order valence-electron chi connectivity index (χ4n) is 2.37. The number of benzene rings is 1. The Morgan fingerprint density at radius 2 is 2.14 bits per heavy atom. The first-order chi connectivity index (χ1) is 13.6. The van der Waals surface area contributed by atoms with Gasteiger partial charge < -0.3 is 10.5 Å². The Balaban J connectivity index is 1.60. The van der Waals surface area contributed by atoms with Gasteiger partial charge in [-0.1, -0.05) is 25.1 Å². The van der Waals surface area contributed by atoms with Gasteiger partial charge in [-0.3, -0.25) is 5.43 Å². The highest BCUT2D eigenvalue weighted by Gasteiger charge is 2.17. The average Bonchev–Trinajstić information content (AvgIpc) is 3.28. The van der Waals surface area contributed by atoms with E-state index in [2.05, 4.69) is 49.3 Å². The van der Waals surface area contributed by atoms with E-state index in [-0.39, 0.29) is 11.6 Å². The topological polar surface area (TPSA) is 129 Å². The van der Waals surface area contributed by atoms with Crippen molar-refractivity contribution in [1.29, 1.82) is 0 Å². The molecule has 3 rings (SSSR count). The monoisotopic (exact) mass is 382 g/mol. The van der Waals surface area contributed by atoms with Gasteiger partial charge in [0, 0.05) is 0 Å². The Morgan fingerprint density at radius 1 is 1.36 bits per heavy atom. The van der Waals surface area contributed by atoms with Crippen LogP contribution in [-0.4, -0.2) is 38.1 Å².